The van der Waals surface area contributed by atoms with Crippen LogP contribution in [0.5, 0.6) is 5.75 Å². The van der Waals surface area contributed by atoms with Gasteiger partial charge in [0.15, 0.2) is 0 Å². The number of hydrogen-bond acceptors (Lipinski definition) is 5. The molecule has 4 rings (SSSR count). The summed E-state index contributed by atoms with van der Waals surface area (Å²) < 4.78 is 5.20. The van der Waals surface area contributed by atoms with Crippen molar-refractivity contribution in [1.29, 1.82) is 0 Å². The summed E-state index contributed by atoms with van der Waals surface area (Å²) in [6.45, 7) is 3.85. The summed E-state index contributed by atoms with van der Waals surface area (Å²) in [5, 5.41) is 5.94. The number of carbonyl (C=O) groups excluding carboxylic acids is 1. The van der Waals surface area contributed by atoms with Crippen LogP contribution in [-0.2, 0) is 24.3 Å². The Balaban J connectivity index is 1.33. The number of ether oxygens (including phenoxy) is 1. The summed E-state index contributed by atoms with van der Waals surface area (Å²) in [5.41, 5.74) is 4.32. The third-order valence-electron chi connectivity index (χ3n) is 5.42. The van der Waals surface area contributed by atoms with Gasteiger partial charge in [0.1, 0.15) is 10.8 Å². The van der Waals surface area contributed by atoms with Crippen LogP contribution in [0.1, 0.15) is 29.7 Å². The predicted octanol–water partition coefficient (Wildman–Crippen LogP) is 4.27. The van der Waals surface area contributed by atoms with Gasteiger partial charge < -0.3 is 10.1 Å². The molecule has 0 aliphatic carbocycles. The van der Waals surface area contributed by atoms with Gasteiger partial charge in [-0.05, 0) is 61.3 Å². The van der Waals surface area contributed by atoms with Gasteiger partial charge in [0, 0.05) is 24.0 Å². The van der Waals surface area contributed by atoms with E-state index in [1.54, 1.807) is 18.4 Å². The summed E-state index contributed by atoms with van der Waals surface area (Å²) >= 11 is 1.56. The maximum Gasteiger partial charge on any atom is 0.226 e. The number of nitrogens with one attached hydrogen (secondary N) is 1. The minimum Gasteiger partial charge on any atom is -0.497 e. The van der Waals surface area contributed by atoms with Gasteiger partial charge in [0.05, 0.1) is 19.2 Å². The molecule has 0 radical (unpaired) electrons. The van der Waals surface area contributed by atoms with E-state index < -0.39 is 0 Å². The van der Waals surface area contributed by atoms with Crippen molar-refractivity contribution in [2.45, 2.75) is 32.4 Å². The zero-order chi connectivity index (χ0) is 20.8. The van der Waals surface area contributed by atoms with Crippen molar-refractivity contribution in [1.82, 2.24) is 15.2 Å². The number of rotatable bonds is 8. The lowest BCUT2D eigenvalue weighted by Crippen LogP contribution is -2.26. The lowest BCUT2D eigenvalue weighted by Gasteiger charge is -2.17. The molecule has 5 nitrogen and oxygen atoms in total. The van der Waals surface area contributed by atoms with Crippen LogP contribution < -0.4 is 10.1 Å². The van der Waals surface area contributed by atoms with Gasteiger partial charge in [0.25, 0.3) is 0 Å². The first-order valence-electron chi connectivity index (χ1n) is 10.4. The first-order chi connectivity index (χ1) is 14.7. The van der Waals surface area contributed by atoms with Crippen molar-refractivity contribution in [2.24, 2.45) is 0 Å². The standard InChI is InChI=1S/C24H27N3O2S/c1-29-22-10-8-18(9-11-22)24-26-21(17-30-24)14-23(28)25-15-19-6-2-3-7-20(19)16-27-12-4-5-13-27/h2-3,6-11,17H,4-5,12-16H2,1H3,(H,25,28). The predicted molar refractivity (Wildman–Crippen MR) is 121 cm³/mol. The Bertz CT molecular complexity index is 978. The van der Waals surface area contributed by atoms with Crippen LogP contribution in [0.15, 0.2) is 53.9 Å². The van der Waals surface area contributed by atoms with E-state index in [1.807, 2.05) is 35.7 Å². The largest absolute Gasteiger partial charge is 0.497 e. The molecule has 0 atom stereocenters. The lowest BCUT2D eigenvalue weighted by molar-refractivity contribution is -0.120. The van der Waals surface area contributed by atoms with Gasteiger partial charge in [0.2, 0.25) is 5.91 Å². The first kappa shape index (κ1) is 20.6. The van der Waals surface area contributed by atoms with Crippen molar-refractivity contribution in [2.75, 3.05) is 20.2 Å². The van der Waals surface area contributed by atoms with Crippen LogP contribution >= 0.6 is 11.3 Å². The Labute approximate surface area is 181 Å². The topological polar surface area (TPSA) is 54.5 Å². The Hall–Kier alpha value is -2.70. The van der Waals surface area contributed by atoms with E-state index in [0.717, 1.165) is 28.6 Å². The number of likely N-dealkylation sites (tertiary alicyclic amines) is 1. The van der Waals surface area contributed by atoms with Gasteiger partial charge in [-0.1, -0.05) is 24.3 Å². The normalized spacial score (nSPS) is 14.0. The van der Waals surface area contributed by atoms with E-state index in [1.165, 1.54) is 37.1 Å². The minimum atomic E-state index is -0.00226. The molecule has 3 aromatic rings. The van der Waals surface area contributed by atoms with Crippen LogP contribution in [0.4, 0.5) is 0 Å². The molecule has 1 aliphatic rings. The number of thiazole rings is 1. The molecule has 1 fully saturated rings. The van der Waals surface area contributed by atoms with Crippen LogP contribution in [0.3, 0.4) is 0 Å². The second kappa shape index (κ2) is 9.87. The number of carbonyl (C=O) groups is 1. The molecule has 6 heteroatoms. The minimum absolute atomic E-state index is 0.00226. The zero-order valence-corrected chi connectivity index (χ0v) is 18.1. The second-order valence-electron chi connectivity index (χ2n) is 7.58. The Morgan fingerprint density at radius 2 is 1.83 bits per heavy atom. The van der Waals surface area contributed by atoms with Gasteiger partial charge in [-0.3, -0.25) is 9.69 Å². The molecule has 1 aliphatic heterocycles. The molecule has 1 aromatic heterocycles. The van der Waals surface area contributed by atoms with Crippen molar-refractivity contribution in [3.8, 4) is 16.3 Å². The van der Waals surface area contributed by atoms with E-state index in [0.29, 0.717) is 13.0 Å². The number of amides is 1. The SMILES string of the molecule is COc1ccc(-c2nc(CC(=O)NCc3ccccc3CN3CCCC3)cs2)cc1. The molecular formula is C24H27N3O2S. The third kappa shape index (κ3) is 5.26. The Morgan fingerprint density at radius 3 is 2.57 bits per heavy atom. The highest BCUT2D eigenvalue weighted by Gasteiger charge is 2.14. The molecule has 2 heterocycles. The highest BCUT2D eigenvalue weighted by molar-refractivity contribution is 7.13. The molecule has 1 saturated heterocycles. The van der Waals surface area contributed by atoms with Gasteiger partial charge in [-0.15, -0.1) is 11.3 Å². The fourth-order valence-corrected chi connectivity index (χ4v) is 4.57. The Morgan fingerprint density at radius 1 is 1.10 bits per heavy atom. The quantitative estimate of drug-likeness (QED) is 0.590. The summed E-state index contributed by atoms with van der Waals surface area (Å²) in [6, 6.07) is 16.2. The highest BCUT2D eigenvalue weighted by atomic mass is 32.1. The molecule has 2 aromatic carbocycles. The van der Waals surface area contributed by atoms with Crippen LogP contribution in [0.25, 0.3) is 10.6 Å². The van der Waals surface area contributed by atoms with Gasteiger partial charge >= 0.3 is 0 Å². The smallest absolute Gasteiger partial charge is 0.226 e. The maximum absolute atomic E-state index is 12.5. The number of hydrogen-bond donors (Lipinski definition) is 1. The van der Waals surface area contributed by atoms with E-state index in [4.69, 9.17) is 4.74 Å². The average molecular weight is 422 g/mol. The molecule has 1 N–H and O–H groups in total. The summed E-state index contributed by atoms with van der Waals surface area (Å²) in [4.78, 5) is 19.6. The van der Waals surface area contributed by atoms with Crippen LogP contribution in [-0.4, -0.2) is 36.0 Å². The number of aromatic nitrogens is 1. The van der Waals surface area contributed by atoms with E-state index in [9.17, 15) is 4.79 Å². The molecule has 0 saturated carbocycles. The molecule has 30 heavy (non-hydrogen) atoms. The van der Waals surface area contributed by atoms with E-state index in [-0.39, 0.29) is 5.91 Å². The summed E-state index contributed by atoms with van der Waals surface area (Å²) in [6.07, 6.45) is 2.86. The number of nitrogens with zero attached hydrogens (tertiary/aromatic N) is 2. The third-order valence-corrected chi connectivity index (χ3v) is 6.36. The van der Waals surface area contributed by atoms with Crippen LogP contribution in [0.2, 0.25) is 0 Å². The van der Waals surface area contributed by atoms with Crippen molar-refractivity contribution < 1.29 is 9.53 Å². The molecule has 0 bridgehead atoms. The molecule has 0 unspecified atom stereocenters. The van der Waals surface area contributed by atoms with Crippen molar-refractivity contribution in [3.63, 3.8) is 0 Å². The fourth-order valence-electron chi connectivity index (χ4n) is 3.74. The lowest BCUT2D eigenvalue weighted by atomic mass is 10.1. The zero-order valence-electron chi connectivity index (χ0n) is 17.3. The first-order valence-corrected chi connectivity index (χ1v) is 11.2. The van der Waals surface area contributed by atoms with Crippen molar-refractivity contribution in [3.05, 3.63) is 70.7 Å². The van der Waals surface area contributed by atoms with Gasteiger partial charge in [-0.25, -0.2) is 4.98 Å². The molecule has 0 spiro atoms. The second-order valence-corrected chi connectivity index (χ2v) is 8.44. The van der Waals surface area contributed by atoms with Gasteiger partial charge in [-0.2, -0.15) is 0 Å². The van der Waals surface area contributed by atoms with Crippen LogP contribution in [0, 0.1) is 0 Å². The molecule has 156 valence electrons. The van der Waals surface area contributed by atoms with E-state index >= 15 is 0 Å². The maximum atomic E-state index is 12.5. The monoisotopic (exact) mass is 421 g/mol. The molecule has 1 amide bonds. The molecular weight excluding hydrogens is 394 g/mol. The highest BCUT2D eigenvalue weighted by Crippen LogP contribution is 2.26. The summed E-state index contributed by atoms with van der Waals surface area (Å²) in [5.74, 6) is 0.817. The van der Waals surface area contributed by atoms with Crippen molar-refractivity contribution >= 4 is 17.2 Å². The summed E-state index contributed by atoms with van der Waals surface area (Å²) in [7, 11) is 1.65. The number of benzene rings is 2. The Kier molecular flexibility index (Phi) is 6.77. The number of methoxy groups -OCH3 is 1. The van der Waals surface area contributed by atoms with E-state index in [2.05, 4.69) is 33.4 Å². The average Bonchev–Trinajstić information content (AvgIpc) is 3.45. The fraction of sp³-hybridized carbons (Fsp3) is 0.333.